The van der Waals surface area contributed by atoms with Crippen molar-refractivity contribution in [3.05, 3.63) is 17.5 Å². The topological polar surface area (TPSA) is 90.6 Å². The third-order valence-electron chi connectivity index (χ3n) is 8.45. The summed E-state index contributed by atoms with van der Waals surface area (Å²) in [5, 5.41) is 10.1. The fraction of sp³-hybridized carbons (Fsp3) is 0.773. The highest BCUT2D eigenvalue weighted by Crippen LogP contribution is 2.92. The molecular weight excluding hydrogens is 382 g/mol. The first kappa shape index (κ1) is 18.8. The van der Waals surface area contributed by atoms with Gasteiger partial charge < -0.3 is 15.0 Å². The maximum absolute atomic E-state index is 12.7. The molecule has 2 aliphatic heterocycles. The fourth-order valence-electron chi connectivity index (χ4n) is 6.37. The molecule has 3 saturated carbocycles. The quantitative estimate of drug-likeness (QED) is 0.658. The van der Waals surface area contributed by atoms with Gasteiger partial charge in [0.2, 0.25) is 5.91 Å². The summed E-state index contributed by atoms with van der Waals surface area (Å²) in [6.45, 7) is 3.39. The van der Waals surface area contributed by atoms with Crippen molar-refractivity contribution in [3.63, 3.8) is 0 Å². The molecule has 1 aromatic heterocycles. The minimum absolute atomic E-state index is 0.102. The number of carbonyl (C=O) groups is 2. The van der Waals surface area contributed by atoms with Crippen molar-refractivity contribution in [1.82, 2.24) is 25.3 Å². The van der Waals surface area contributed by atoms with Gasteiger partial charge in [0, 0.05) is 19.6 Å². The second-order valence-corrected chi connectivity index (χ2v) is 10.1. The summed E-state index contributed by atoms with van der Waals surface area (Å²) in [5.74, 6) is 0.527. The van der Waals surface area contributed by atoms with E-state index in [1.165, 1.54) is 32.1 Å². The Hall–Kier alpha value is -1.93. The number of hydrogen-bond acceptors (Lipinski definition) is 5. The molecule has 8 nitrogen and oxygen atoms in total. The van der Waals surface area contributed by atoms with E-state index in [-0.39, 0.29) is 12.0 Å². The zero-order chi connectivity index (χ0) is 20.5. The number of nitrogens with zero attached hydrogens (tertiary/aromatic N) is 3. The molecule has 0 radical (unpaired) electrons. The number of carbonyl (C=O) groups excluding carboxylic acids is 2. The summed E-state index contributed by atoms with van der Waals surface area (Å²) in [4.78, 5) is 29.3. The molecule has 1 aromatic rings. The number of amides is 2. The van der Waals surface area contributed by atoms with Gasteiger partial charge in [0.25, 0.3) is 5.91 Å². The van der Waals surface area contributed by atoms with Gasteiger partial charge in [0.15, 0.2) is 0 Å². The maximum Gasteiger partial charge on any atom is 0.271 e. The molecule has 3 heterocycles. The van der Waals surface area contributed by atoms with Crippen LogP contribution in [0.15, 0.2) is 6.07 Å². The van der Waals surface area contributed by atoms with Crippen molar-refractivity contribution in [3.8, 4) is 0 Å². The maximum atomic E-state index is 12.7. The van der Waals surface area contributed by atoms with E-state index in [0.717, 1.165) is 18.7 Å². The van der Waals surface area contributed by atoms with Crippen LogP contribution in [-0.2, 0) is 9.53 Å². The minimum atomic E-state index is -0.176. The van der Waals surface area contributed by atoms with Crippen LogP contribution in [0.1, 0.15) is 60.7 Å². The van der Waals surface area contributed by atoms with Crippen LogP contribution in [0.25, 0.3) is 0 Å². The minimum Gasteiger partial charge on any atom is -0.373 e. The average molecular weight is 414 g/mol. The van der Waals surface area contributed by atoms with Crippen LogP contribution in [0.5, 0.6) is 0 Å². The third kappa shape index (κ3) is 2.76. The lowest BCUT2D eigenvalue weighted by molar-refractivity contribution is -0.147. The second kappa shape index (κ2) is 6.53. The highest BCUT2D eigenvalue weighted by atomic mass is 16.5. The number of hydrogen-bond donors (Lipinski definition) is 2. The Morgan fingerprint density at radius 1 is 1.27 bits per heavy atom. The second-order valence-electron chi connectivity index (χ2n) is 10.1. The van der Waals surface area contributed by atoms with E-state index in [9.17, 15) is 9.59 Å². The monoisotopic (exact) mass is 413 g/mol. The van der Waals surface area contributed by atoms with Gasteiger partial charge in [-0.3, -0.25) is 19.6 Å². The molecule has 0 aromatic carbocycles. The van der Waals surface area contributed by atoms with Crippen molar-refractivity contribution in [2.75, 3.05) is 39.8 Å². The van der Waals surface area contributed by atoms with E-state index in [1.54, 1.807) is 0 Å². The van der Waals surface area contributed by atoms with Gasteiger partial charge in [0.05, 0.1) is 30.4 Å². The molecule has 1 atom stereocenters. The number of likely N-dealkylation sites (tertiary alicyclic amines) is 2. The summed E-state index contributed by atoms with van der Waals surface area (Å²) in [6.07, 6.45) is 7.45. The van der Waals surface area contributed by atoms with Crippen LogP contribution < -0.4 is 5.32 Å². The number of H-pyrrole nitrogens is 1. The molecule has 2 N–H and O–H groups in total. The Labute approximate surface area is 176 Å². The van der Waals surface area contributed by atoms with Crippen molar-refractivity contribution in [2.45, 2.75) is 50.7 Å². The van der Waals surface area contributed by atoms with Gasteiger partial charge in [-0.15, -0.1) is 0 Å². The van der Waals surface area contributed by atoms with Gasteiger partial charge in [-0.25, -0.2) is 0 Å². The van der Waals surface area contributed by atoms with E-state index in [4.69, 9.17) is 4.74 Å². The number of ether oxygens (including phenoxy) is 1. The standard InChI is InChI=1S/C22H31N5O3/c1-26-9-2-3-17(26)15-11-16(25-24-15)19(28)23-8-10-30-14-12-27(13-14)20(29)18-21(4-5-21)22(18)6-7-22/h11,14,17-18H,2-10,12-13H2,1H3,(H,23,28)(H,24,25). The molecule has 3 aliphatic carbocycles. The molecule has 5 fully saturated rings. The largest absolute Gasteiger partial charge is 0.373 e. The summed E-state index contributed by atoms with van der Waals surface area (Å²) in [6, 6.07) is 2.18. The Morgan fingerprint density at radius 3 is 2.63 bits per heavy atom. The number of aromatic amines is 1. The Morgan fingerprint density at radius 2 is 2.00 bits per heavy atom. The summed E-state index contributed by atoms with van der Waals surface area (Å²) >= 11 is 0. The zero-order valence-corrected chi connectivity index (χ0v) is 17.7. The molecule has 2 amide bonds. The normalized spacial score (nSPS) is 28.7. The van der Waals surface area contributed by atoms with E-state index in [2.05, 4.69) is 27.5 Å². The first-order chi connectivity index (χ1) is 14.5. The zero-order valence-electron chi connectivity index (χ0n) is 17.7. The molecule has 162 valence electrons. The number of nitrogens with one attached hydrogen (secondary N) is 2. The first-order valence-corrected chi connectivity index (χ1v) is 11.5. The SMILES string of the molecule is CN1CCCC1c1cc(C(=O)NCCOC2CN(C(=O)C3C4(CC4)C34CC4)C2)n[nH]1. The molecule has 6 rings (SSSR count). The number of rotatable bonds is 7. The van der Waals surface area contributed by atoms with Gasteiger partial charge in [-0.2, -0.15) is 5.10 Å². The van der Waals surface area contributed by atoms with E-state index in [1.807, 2.05) is 11.0 Å². The number of fused-ring (bicyclic) bond motifs is 1. The predicted molar refractivity (Wildman–Crippen MR) is 109 cm³/mol. The third-order valence-corrected chi connectivity index (χ3v) is 8.45. The molecule has 0 bridgehead atoms. The van der Waals surface area contributed by atoms with Crippen LogP contribution in [0.2, 0.25) is 0 Å². The summed E-state index contributed by atoms with van der Waals surface area (Å²) < 4.78 is 5.84. The molecular formula is C22H31N5O3. The highest BCUT2D eigenvalue weighted by molar-refractivity contribution is 5.92. The van der Waals surface area contributed by atoms with Crippen molar-refractivity contribution in [2.24, 2.45) is 16.7 Å². The van der Waals surface area contributed by atoms with E-state index in [0.29, 0.717) is 60.6 Å². The molecule has 2 saturated heterocycles. The van der Waals surface area contributed by atoms with E-state index >= 15 is 0 Å². The Balaban J connectivity index is 0.900. The lowest BCUT2D eigenvalue weighted by Gasteiger charge is -2.39. The van der Waals surface area contributed by atoms with Crippen molar-refractivity contribution in [1.29, 1.82) is 0 Å². The highest BCUT2D eigenvalue weighted by Gasteiger charge is 2.89. The molecule has 1 unspecified atom stereocenters. The molecule has 8 heteroatoms. The lowest BCUT2D eigenvalue weighted by atomic mass is 10.1. The lowest BCUT2D eigenvalue weighted by Crippen LogP contribution is -2.56. The van der Waals surface area contributed by atoms with Gasteiger partial charge >= 0.3 is 0 Å². The fourth-order valence-corrected chi connectivity index (χ4v) is 6.37. The molecule has 2 spiro atoms. The first-order valence-electron chi connectivity index (χ1n) is 11.5. The van der Waals surface area contributed by atoms with Gasteiger partial charge in [0.1, 0.15) is 5.69 Å². The van der Waals surface area contributed by atoms with Crippen LogP contribution in [0.3, 0.4) is 0 Å². The summed E-state index contributed by atoms with van der Waals surface area (Å²) in [5.41, 5.74) is 2.30. The average Bonchev–Trinajstić information content (AvgIpc) is 3.64. The molecule has 30 heavy (non-hydrogen) atoms. The summed E-state index contributed by atoms with van der Waals surface area (Å²) in [7, 11) is 2.10. The number of aromatic nitrogens is 2. The van der Waals surface area contributed by atoms with Crippen LogP contribution in [-0.4, -0.2) is 77.7 Å². The predicted octanol–water partition coefficient (Wildman–Crippen LogP) is 1.32. The van der Waals surface area contributed by atoms with Crippen molar-refractivity contribution < 1.29 is 14.3 Å². The molecule has 5 aliphatic rings. The Bertz CT molecular complexity index is 850. The van der Waals surface area contributed by atoms with E-state index < -0.39 is 0 Å². The Kier molecular flexibility index (Phi) is 4.10. The van der Waals surface area contributed by atoms with Crippen LogP contribution in [0.4, 0.5) is 0 Å². The van der Waals surface area contributed by atoms with Gasteiger partial charge in [-0.1, -0.05) is 0 Å². The van der Waals surface area contributed by atoms with Crippen molar-refractivity contribution >= 4 is 11.8 Å². The van der Waals surface area contributed by atoms with Gasteiger partial charge in [-0.05, 0) is 69.0 Å². The smallest absolute Gasteiger partial charge is 0.271 e. The van der Waals surface area contributed by atoms with Crippen LogP contribution in [0, 0.1) is 16.7 Å². The van der Waals surface area contributed by atoms with Crippen LogP contribution >= 0.6 is 0 Å².